The molecule has 24 heavy (non-hydrogen) atoms. The van der Waals surface area contributed by atoms with Gasteiger partial charge in [-0.05, 0) is 35.7 Å². The zero-order valence-electron chi connectivity index (χ0n) is 12.4. The molecule has 1 N–H and O–H groups in total. The van der Waals surface area contributed by atoms with Crippen LogP contribution in [0.2, 0.25) is 10.0 Å². The van der Waals surface area contributed by atoms with Gasteiger partial charge in [0.25, 0.3) is 0 Å². The van der Waals surface area contributed by atoms with Crippen molar-refractivity contribution < 1.29 is 4.79 Å². The van der Waals surface area contributed by atoms with Crippen molar-refractivity contribution in [1.82, 2.24) is 5.32 Å². The van der Waals surface area contributed by atoms with E-state index < -0.39 is 0 Å². The van der Waals surface area contributed by atoms with Gasteiger partial charge in [-0.3, -0.25) is 4.79 Å². The van der Waals surface area contributed by atoms with Crippen molar-refractivity contribution in [3.05, 3.63) is 69.7 Å². The summed E-state index contributed by atoms with van der Waals surface area (Å²) in [5.41, 5.74) is 1.82. The molecular weight excluding hydrogens is 365 g/mol. The predicted octanol–water partition coefficient (Wildman–Crippen LogP) is 4.16. The minimum atomic E-state index is -0.255. The fourth-order valence-electron chi connectivity index (χ4n) is 2.15. The third kappa shape index (κ3) is 4.38. The Morgan fingerprint density at radius 1 is 1.12 bits per heavy atom. The molecule has 0 spiro atoms. The molecule has 7 heteroatoms. The Morgan fingerprint density at radius 2 is 1.88 bits per heavy atom. The van der Waals surface area contributed by atoms with Gasteiger partial charge in [0.2, 0.25) is 5.91 Å². The molecule has 1 aliphatic heterocycles. The van der Waals surface area contributed by atoms with Crippen LogP contribution in [-0.2, 0) is 11.2 Å². The Balaban J connectivity index is 1.63. The Hall–Kier alpha value is -1.82. The average molecular weight is 378 g/mol. The van der Waals surface area contributed by atoms with E-state index in [-0.39, 0.29) is 11.2 Å². The second kappa shape index (κ2) is 7.83. The summed E-state index contributed by atoms with van der Waals surface area (Å²) in [7, 11) is 0. The van der Waals surface area contributed by atoms with Gasteiger partial charge in [0.1, 0.15) is 0 Å². The maximum absolute atomic E-state index is 12.0. The smallest absolute Gasteiger partial charge is 0.239 e. The fourth-order valence-corrected chi connectivity index (χ4v) is 3.44. The van der Waals surface area contributed by atoms with Crippen LogP contribution in [0, 0.1) is 0 Å². The van der Waals surface area contributed by atoms with Crippen molar-refractivity contribution >= 4 is 52.3 Å². The second-order valence-electron chi connectivity index (χ2n) is 5.09. The first-order valence-electron chi connectivity index (χ1n) is 7.19. The van der Waals surface area contributed by atoms with Crippen LogP contribution in [-0.4, -0.2) is 22.5 Å². The lowest BCUT2D eigenvalue weighted by atomic mass is 10.1. The number of carbonyl (C=O) groups excluding carboxylic acids is 1. The quantitative estimate of drug-likeness (QED) is 0.642. The molecule has 1 fully saturated rings. The summed E-state index contributed by atoms with van der Waals surface area (Å²) >= 11 is 13.3. The van der Waals surface area contributed by atoms with E-state index in [1.807, 2.05) is 36.4 Å². The van der Waals surface area contributed by atoms with Crippen LogP contribution in [0.1, 0.15) is 11.1 Å². The highest BCUT2D eigenvalue weighted by Crippen LogP contribution is 2.26. The van der Waals surface area contributed by atoms with Gasteiger partial charge in [-0.25, -0.2) is 0 Å². The molecule has 0 aliphatic carbocycles. The number of benzene rings is 2. The maximum Gasteiger partial charge on any atom is 0.239 e. The topological polar surface area (TPSA) is 53.8 Å². The molecule has 1 saturated heterocycles. The zero-order valence-corrected chi connectivity index (χ0v) is 14.8. The van der Waals surface area contributed by atoms with E-state index in [0.717, 1.165) is 11.1 Å². The van der Waals surface area contributed by atoms with Gasteiger partial charge in [-0.1, -0.05) is 65.3 Å². The molecule has 4 nitrogen and oxygen atoms in total. The van der Waals surface area contributed by atoms with Crippen molar-refractivity contribution in [3.63, 3.8) is 0 Å². The molecular formula is C17H13Cl2N3OS. The van der Waals surface area contributed by atoms with E-state index in [4.69, 9.17) is 23.2 Å². The molecule has 0 saturated carbocycles. The Bertz CT molecular complexity index is 806. The van der Waals surface area contributed by atoms with Gasteiger partial charge in [-0.2, -0.15) is 5.10 Å². The third-order valence-electron chi connectivity index (χ3n) is 3.36. The number of thioether (sulfide) groups is 1. The molecule has 0 unspecified atom stereocenters. The Kier molecular flexibility index (Phi) is 5.56. The van der Waals surface area contributed by atoms with Gasteiger partial charge in [-0.15, -0.1) is 5.10 Å². The van der Waals surface area contributed by atoms with Crippen molar-refractivity contribution in [1.29, 1.82) is 0 Å². The summed E-state index contributed by atoms with van der Waals surface area (Å²) in [5, 5.41) is 12.4. The van der Waals surface area contributed by atoms with Gasteiger partial charge >= 0.3 is 0 Å². The van der Waals surface area contributed by atoms with E-state index in [1.165, 1.54) is 11.8 Å². The lowest BCUT2D eigenvalue weighted by Gasteiger charge is -2.06. The third-order valence-corrected chi connectivity index (χ3v) is 5.06. The number of carbonyl (C=O) groups is 1. The summed E-state index contributed by atoms with van der Waals surface area (Å²) in [4.78, 5) is 12.0. The number of nitrogens with zero attached hydrogens (tertiary/aromatic N) is 2. The van der Waals surface area contributed by atoms with Gasteiger partial charge < -0.3 is 5.32 Å². The first-order valence-corrected chi connectivity index (χ1v) is 8.83. The normalized spacial score (nSPS) is 19.2. The minimum Gasteiger partial charge on any atom is -0.303 e. The van der Waals surface area contributed by atoms with Crippen LogP contribution in [0.15, 0.2) is 58.7 Å². The molecule has 1 atom stereocenters. The Morgan fingerprint density at radius 3 is 2.62 bits per heavy atom. The summed E-state index contributed by atoms with van der Waals surface area (Å²) in [5.74, 6) is -0.0830. The van der Waals surface area contributed by atoms with E-state index in [2.05, 4.69) is 15.5 Å². The van der Waals surface area contributed by atoms with Gasteiger partial charge in [0.15, 0.2) is 5.17 Å². The first-order chi connectivity index (χ1) is 11.6. The highest BCUT2D eigenvalue weighted by molar-refractivity contribution is 8.15. The molecule has 0 aromatic heterocycles. The number of rotatable bonds is 4. The number of amides is 1. The highest BCUT2D eigenvalue weighted by atomic mass is 35.5. The molecule has 0 radical (unpaired) electrons. The average Bonchev–Trinajstić information content (AvgIpc) is 2.91. The van der Waals surface area contributed by atoms with Crippen molar-refractivity contribution in [3.8, 4) is 0 Å². The molecule has 2 aromatic carbocycles. The molecule has 122 valence electrons. The molecule has 1 aliphatic rings. The van der Waals surface area contributed by atoms with E-state index in [9.17, 15) is 4.79 Å². The van der Waals surface area contributed by atoms with E-state index >= 15 is 0 Å². The minimum absolute atomic E-state index is 0.0830. The lowest BCUT2D eigenvalue weighted by Crippen LogP contribution is -2.26. The largest absolute Gasteiger partial charge is 0.303 e. The van der Waals surface area contributed by atoms with Crippen LogP contribution < -0.4 is 5.32 Å². The number of amidine groups is 1. The number of hydrogen-bond donors (Lipinski definition) is 1. The SMILES string of the molecule is O=C1N/C(=N\N=C/c2ccc(Cl)cc2)S[C@@H]1Cc1ccccc1Cl. The number of halogens is 2. The summed E-state index contributed by atoms with van der Waals surface area (Å²) in [6.45, 7) is 0. The highest BCUT2D eigenvalue weighted by Gasteiger charge is 2.30. The zero-order chi connectivity index (χ0) is 16.9. The van der Waals surface area contributed by atoms with Gasteiger partial charge in [0.05, 0.1) is 11.5 Å². The standard InChI is InChI=1S/C17H13Cl2N3OS/c18-13-7-5-11(6-8-13)10-20-22-17-21-16(23)15(24-17)9-12-3-1-2-4-14(12)19/h1-8,10,15H,9H2,(H,21,22,23)/b20-10-/t15-/m1/s1. The second-order valence-corrected chi connectivity index (χ2v) is 7.13. The van der Waals surface area contributed by atoms with E-state index in [1.54, 1.807) is 18.3 Å². The van der Waals surface area contributed by atoms with Crippen LogP contribution in [0.4, 0.5) is 0 Å². The fraction of sp³-hybridized carbons (Fsp3) is 0.118. The lowest BCUT2D eigenvalue weighted by molar-refractivity contribution is -0.118. The van der Waals surface area contributed by atoms with Crippen molar-refractivity contribution in [2.45, 2.75) is 11.7 Å². The van der Waals surface area contributed by atoms with E-state index in [0.29, 0.717) is 21.6 Å². The maximum atomic E-state index is 12.0. The summed E-state index contributed by atoms with van der Waals surface area (Å²) in [6, 6.07) is 14.8. The summed E-state index contributed by atoms with van der Waals surface area (Å²) < 4.78 is 0. The molecule has 3 rings (SSSR count). The Labute approximate surface area is 154 Å². The van der Waals surface area contributed by atoms with Crippen molar-refractivity contribution in [2.75, 3.05) is 0 Å². The van der Waals surface area contributed by atoms with Crippen LogP contribution in [0.3, 0.4) is 0 Å². The molecule has 1 heterocycles. The van der Waals surface area contributed by atoms with Crippen LogP contribution in [0.25, 0.3) is 0 Å². The van der Waals surface area contributed by atoms with Gasteiger partial charge in [0, 0.05) is 10.0 Å². The number of hydrogen-bond acceptors (Lipinski definition) is 4. The van der Waals surface area contributed by atoms with Crippen molar-refractivity contribution in [2.24, 2.45) is 10.2 Å². The summed E-state index contributed by atoms with van der Waals surface area (Å²) in [6.07, 6.45) is 2.16. The monoisotopic (exact) mass is 377 g/mol. The first kappa shape index (κ1) is 17.0. The number of nitrogens with one attached hydrogen (secondary N) is 1. The van der Waals surface area contributed by atoms with Crippen LogP contribution in [0.5, 0.6) is 0 Å². The van der Waals surface area contributed by atoms with Crippen LogP contribution >= 0.6 is 35.0 Å². The molecule has 1 amide bonds. The molecule has 0 bridgehead atoms. The molecule has 2 aromatic rings. The predicted molar refractivity (Wildman–Crippen MR) is 101 cm³/mol.